The van der Waals surface area contributed by atoms with Gasteiger partial charge in [0.2, 0.25) is 5.88 Å². The SMILES string of the molecule is COc1ccc2c(n1)N(C(=O)OC(C)C)C(CSC)C(=S)N2. The second kappa shape index (κ2) is 7.15. The summed E-state index contributed by atoms with van der Waals surface area (Å²) in [6, 6.07) is 3.21. The fourth-order valence-electron chi connectivity index (χ4n) is 2.09. The van der Waals surface area contributed by atoms with Gasteiger partial charge in [0, 0.05) is 11.8 Å². The zero-order valence-corrected chi connectivity index (χ0v) is 14.6. The number of rotatable bonds is 4. The lowest BCUT2D eigenvalue weighted by atomic mass is 10.2. The van der Waals surface area contributed by atoms with Crippen molar-refractivity contribution in [1.82, 2.24) is 4.98 Å². The van der Waals surface area contributed by atoms with Gasteiger partial charge in [-0.05, 0) is 26.2 Å². The maximum Gasteiger partial charge on any atom is 0.416 e. The lowest BCUT2D eigenvalue weighted by Gasteiger charge is -2.36. The molecule has 1 aromatic heterocycles. The first-order valence-corrected chi connectivity index (χ1v) is 8.62. The Balaban J connectivity index is 2.47. The van der Waals surface area contributed by atoms with E-state index >= 15 is 0 Å². The van der Waals surface area contributed by atoms with Gasteiger partial charge in [0.05, 0.1) is 18.9 Å². The predicted molar refractivity (Wildman–Crippen MR) is 93.3 cm³/mol. The lowest BCUT2D eigenvalue weighted by Crippen LogP contribution is -2.52. The maximum atomic E-state index is 12.5. The number of thiocarbonyl (C=S) groups is 1. The van der Waals surface area contributed by atoms with Crippen LogP contribution >= 0.6 is 24.0 Å². The van der Waals surface area contributed by atoms with Crippen LogP contribution in [-0.4, -0.2) is 47.3 Å². The number of nitrogens with zero attached hydrogens (tertiary/aromatic N) is 2. The van der Waals surface area contributed by atoms with E-state index in [0.717, 1.165) is 0 Å². The number of carbonyl (C=O) groups is 1. The Labute approximate surface area is 139 Å². The number of nitrogens with one attached hydrogen (secondary N) is 1. The monoisotopic (exact) mass is 341 g/mol. The zero-order valence-electron chi connectivity index (χ0n) is 13.0. The van der Waals surface area contributed by atoms with E-state index in [1.165, 1.54) is 12.0 Å². The number of hydrogen-bond donors (Lipinski definition) is 1. The summed E-state index contributed by atoms with van der Waals surface area (Å²) in [4.78, 5) is 19.0. The Morgan fingerprint density at radius 1 is 1.55 bits per heavy atom. The largest absolute Gasteiger partial charge is 0.481 e. The molecule has 0 bridgehead atoms. The van der Waals surface area contributed by atoms with Gasteiger partial charge < -0.3 is 14.8 Å². The molecule has 8 heteroatoms. The molecule has 0 aliphatic carbocycles. The third-order valence-corrected chi connectivity index (χ3v) is 4.04. The van der Waals surface area contributed by atoms with Gasteiger partial charge in [-0.2, -0.15) is 16.7 Å². The maximum absolute atomic E-state index is 12.5. The zero-order chi connectivity index (χ0) is 16.3. The highest BCUT2D eigenvalue weighted by molar-refractivity contribution is 7.98. The second-order valence-electron chi connectivity index (χ2n) is 4.99. The molecule has 1 aromatic rings. The van der Waals surface area contributed by atoms with E-state index in [1.807, 2.05) is 20.1 Å². The average Bonchev–Trinajstić information content (AvgIpc) is 2.46. The first-order valence-electron chi connectivity index (χ1n) is 6.82. The average molecular weight is 341 g/mol. The molecule has 1 atom stereocenters. The molecule has 1 unspecified atom stereocenters. The predicted octanol–water partition coefficient (Wildman–Crippen LogP) is 2.93. The van der Waals surface area contributed by atoms with E-state index in [2.05, 4.69) is 10.3 Å². The molecule has 1 aliphatic heterocycles. The number of carbonyl (C=O) groups excluding carboxylic acids is 1. The van der Waals surface area contributed by atoms with Crippen LogP contribution in [0.4, 0.5) is 16.3 Å². The van der Waals surface area contributed by atoms with Crippen molar-refractivity contribution in [2.24, 2.45) is 0 Å². The van der Waals surface area contributed by atoms with E-state index in [-0.39, 0.29) is 12.1 Å². The molecule has 120 valence electrons. The molecule has 1 N–H and O–H groups in total. The fraction of sp³-hybridized carbons (Fsp3) is 0.500. The number of ether oxygens (including phenoxy) is 2. The summed E-state index contributed by atoms with van der Waals surface area (Å²) in [7, 11) is 1.53. The van der Waals surface area contributed by atoms with Gasteiger partial charge in [0.25, 0.3) is 0 Å². The Kier molecular flexibility index (Phi) is 5.47. The number of aromatic nitrogens is 1. The minimum atomic E-state index is -0.458. The summed E-state index contributed by atoms with van der Waals surface area (Å²) in [6.45, 7) is 3.61. The number of thioether (sulfide) groups is 1. The van der Waals surface area contributed by atoms with E-state index in [0.29, 0.717) is 28.1 Å². The minimum absolute atomic E-state index is 0.222. The normalized spacial score (nSPS) is 17.0. The molecule has 0 radical (unpaired) electrons. The molecule has 0 spiro atoms. The Morgan fingerprint density at radius 2 is 2.27 bits per heavy atom. The van der Waals surface area contributed by atoms with Gasteiger partial charge >= 0.3 is 6.09 Å². The highest BCUT2D eigenvalue weighted by Gasteiger charge is 2.37. The lowest BCUT2D eigenvalue weighted by molar-refractivity contribution is 0.122. The Morgan fingerprint density at radius 3 is 2.86 bits per heavy atom. The van der Waals surface area contributed by atoms with Crippen molar-refractivity contribution >= 4 is 46.6 Å². The standard InChI is InChI=1S/C14H19N3O3S2/c1-8(2)20-14(18)17-10(7-22-4)13(21)15-9-5-6-11(19-3)16-12(9)17/h5-6,8,10H,7H2,1-4H3,(H,15,21). The Bertz CT molecular complexity index is 580. The molecule has 2 heterocycles. The van der Waals surface area contributed by atoms with Crippen LogP contribution < -0.4 is 15.0 Å². The molecule has 0 saturated carbocycles. The molecular weight excluding hydrogens is 322 g/mol. The molecule has 0 aromatic carbocycles. The molecule has 0 saturated heterocycles. The molecular formula is C14H19N3O3S2. The Hall–Kier alpha value is -1.54. The van der Waals surface area contributed by atoms with Gasteiger partial charge in [0.15, 0.2) is 5.82 Å². The smallest absolute Gasteiger partial charge is 0.416 e. The van der Waals surface area contributed by atoms with Gasteiger partial charge in [-0.15, -0.1) is 0 Å². The number of amides is 1. The number of anilines is 2. The highest BCUT2D eigenvalue weighted by Crippen LogP contribution is 2.34. The van der Waals surface area contributed by atoms with Gasteiger partial charge in [0.1, 0.15) is 11.0 Å². The molecule has 6 nitrogen and oxygen atoms in total. The van der Waals surface area contributed by atoms with Gasteiger partial charge in [-0.1, -0.05) is 12.2 Å². The van der Waals surface area contributed by atoms with Crippen LogP contribution in [0.1, 0.15) is 13.8 Å². The molecule has 22 heavy (non-hydrogen) atoms. The number of fused-ring (bicyclic) bond motifs is 1. The van der Waals surface area contributed by atoms with Crippen molar-refractivity contribution in [1.29, 1.82) is 0 Å². The fourth-order valence-corrected chi connectivity index (χ4v) is 3.12. The number of pyridine rings is 1. The minimum Gasteiger partial charge on any atom is -0.481 e. The van der Waals surface area contributed by atoms with E-state index in [9.17, 15) is 4.79 Å². The summed E-state index contributed by atoms with van der Waals surface area (Å²) in [6.07, 6.45) is 1.28. The summed E-state index contributed by atoms with van der Waals surface area (Å²) >= 11 is 7.01. The van der Waals surface area contributed by atoms with Crippen LogP contribution in [0.2, 0.25) is 0 Å². The molecule has 1 aliphatic rings. The summed E-state index contributed by atoms with van der Waals surface area (Å²) in [5.41, 5.74) is 0.670. The van der Waals surface area contributed by atoms with Crippen molar-refractivity contribution in [3.8, 4) is 5.88 Å². The van der Waals surface area contributed by atoms with E-state index in [4.69, 9.17) is 21.7 Å². The third kappa shape index (κ3) is 3.44. The van der Waals surface area contributed by atoms with Crippen molar-refractivity contribution in [3.63, 3.8) is 0 Å². The number of methoxy groups -OCH3 is 1. The molecule has 0 fully saturated rings. The summed E-state index contributed by atoms with van der Waals surface area (Å²) < 4.78 is 10.5. The van der Waals surface area contributed by atoms with Gasteiger partial charge in [-0.25, -0.2) is 9.69 Å². The molecule has 1 amide bonds. The van der Waals surface area contributed by atoms with Crippen molar-refractivity contribution in [2.75, 3.05) is 29.3 Å². The first kappa shape index (κ1) is 16.8. The van der Waals surface area contributed by atoms with Crippen LogP contribution in [-0.2, 0) is 4.74 Å². The summed E-state index contributed by atoms with van der Waals surface area (Å²) in [5, 5.41) is 3.13. The van der Waals surface area contributed by atoms with Crippen molar-refractivity contribution in [3.05, 3.63) is 12.1 Å². The summed E-state index contributed by atoms with van der Waals surface area (Å²) in [5.74, 6) is 1.55. The third-order valence-electron chi connectivity index (χ3n) is 3.02. The van der Waals surface area contributed by atoms with Crippen LogP contribution in [0.3, 0.4) is 0 Å². The first-order chi connectivity index (χ1) is 10.5. The topological polar surface area (TPSA) is 63.7 Å². The molecule has 2 rings (SSSR count). The van der Waals surface area contributed by atoms with Crippen molar-refractivity contribution < 1.29 is 14.3 Å². The second-order valence-corrected chi connectivity index (χ2v) is 6.34. The van der Waals surface area contributed by atoms with E-state index in [1.54, 1.807) is 23.9 Å². The quantitative estimate of drug-likeness (QED) is 0.845. The highest BCUT2D eigenvalue weighted by atomic mass is 32.2. The van der Waals surface area contributed by atoms with Crippen LogP contribution in [0.5, 0.6) is 5.88 Å². The van der Waals surface area contributed by atoms with Crippen LogP contribution in [0.15, 0.2) is 12.1 Å². The van der Waals surface area contributed by atoms with Crippen LogP contribution in [0.25, 0.3) is 0 Å². The number of hydrogen-bond acceptors (Lipinski definition) is 6. The van der Waals surface area contributed by atoms with Crippen molar-refractivity contribution in [2.45, 2.75) is 26.0 Å². The van der Waals surface area contributed by atoms with Crippen LogP contribution in [0, 0.1) is 0 Å². The van der Waals surface area contributed by atoms with Gasteiger partial charge in [-0.3, -0.25) is 0 Å². The van der Waals surface area contributed by atoms with E-state index < -0.39 is 6.09 Å².